The Labute approximate surface area is 153 Å². The molecule has 0 spiro atoms. The second-order valence-corrected chi connectivity index (χ2v) is 6.94. The quantitative estimate of drug-likeness (QED) is 0.531. The summed E-state index contributed by atoms with van der Waals surface area (Å²) in [5.74, 6) is 2.71. The van der Waals surface area contributed by atoms with E-state index in [1.165, 1.54) is 44.1 Å². The molecule has 0 radical (unpaired) electrons. The molecule has 1 aliphatic rings. The topological polar surface area (TPSA) is 52.6 Å². The van der Waals surface area contributed by atoms with Crippen LogP contribution in [0.4, 0.5) is 5.82 Å². The van der Waals surface area contributed by atoms with Gasteiger partial charge in [-0.25, -0.2) is 4.98 Å². The van der Waals surface area contributed by atoms with Crippen molar-refractivity contribution in [2.45, 2.75) is 58.9 Å². The van der Waals surface area contributed by atoms with Crippen molar-refractivity contribution in [3.05, 3.63) is 23.9 Å². The first-order valence-corrected chi connectivity index (χ1v) is 9.91. The smallest absolute Gasteiger partial charge is 0.191 e. The van der Waals surface area contributed by atoms with E-state index in [4.69, 9.17) is 0 Å². The summed E-state index contributed by atoms with van der Waals surface area (Å²) < 4.78 is 0. The van der Waals surface area contributed by atoms with Crippen LogP contribution in [0.5, 0.6) is 0 Å². The van der Waals surface area contributed by atoms with E-state index in [2.05, 4.69) is 51.5 Å². The third-order valence-corrected chi connectivity index (χ3v) is 5.02. The molecule has 5 nitrogen and oxygen atoms in total. The second kappa shape index (κ2) is 11.0. The lowest BCUT2D eigenvalue weighted by molar-refractivity contribution is 0.443. The van der Waals surface area contributed by atoms with Crippen molar-refractivity contribution in [1.82, 2.24) is 15.6 Å². The lowest BCUT2D eigenvalue weighted by Gasteiger charge is -2.19. The first-order chi connectivity index (χ1) is 12.3. The maximum absolute atomic E-state index is 4.52. The molecule has 1 atom stereocenters. The molecule has 25 heavy (non-hydrogen) atoms. The van der Waals surface area contributed by atoms with Gasteiger partial charge in [-0.1, -0.05) is 33.1 Å². The number of pyridine rings is 1. The molecule has 1 fully saturated rings. The molecular weight excluding hydrogens is 310 g/mol. The van der Waals surface area contributed by atoms with Crippen molar-refractivity contribution in [1.29, 1.82) is 0 Å². The van der Waals surface area contributed by atoms with Crippen LogP contribution in [0.2, 0.25) is 0 Å². The third kappa shape index (κ3) is 6.56. The number of guanidine groups is 1. The van der Waals surface area contributed by atoms with E-state index in [9.17, 15) is 0 Å². The molecule has 2 heterocycles. The van der Waals surface area contributed by atoms with E-state index >= 15 is 0 Å². The van der Waals surface area contributed by atoms with Gasteiger partial charge in [0.25, 0.3) is 0 Å². The number of anilines is 1. The molecular formula is C20H35N5. The van der Waals surface area contributed by atoms with Gasteiger partial charge in [0.05, 0.1) is 0 Å². The van der Waals surface area contributed by atoms with Crippen LogP contribution in [0, 0.1) is 5.92 Å². The molecule has 1 aromatic rings. The van der Waals surface area contributed by atoms with Crippen molar-refractivity contribution in [2.24, 2.45) is 10.9 Å². The predicted molar refractivity (Wildman–Crippen MR) is 107 cm³/mol. The highest BCUT2D eigenvalue weighted by atomic mass is 15.2. The molecule has 1 aromatic heterocycles. The zero-order valence-electron chi connectivity index (χ0n) is 16.2. The van der Waals surface area contributed by atoms with Crippen LogP contribution in [0.3, 0.4) is 0 Å². The lowest BCUT2D eigenvalue weighted by atomic mass is 9.99. The lowest BCUT2D eigenvalue weighted by Crippen LogP contribution is -2.39. The number of nitrogens with one attached hydrogen (secondary N) is 2. The van der Waals surface area contributed by atoms with Crippen LogP contribution >= 0.6 is 0 Å². The van der Waals surface area contributed by atoms with Crippen molar-refractivity contribution in [3.63, 3.8) is 0 Å². The molecule has 1 unspecified atom stereocenters. The van der Waals surface area contributed by atoms with E-state index < -0.39 is 0 Å². The van der Waals surface area contributed by atoms with E-state index in [1.54, 1.807) is 0 Å². The Morgan fingerprint density at radius 2 is 2.08 bits per heavy atom. The fourth-order valence-electron chi connectivity index (χ4n) is 3.28. The molecule has 5 heteroatoms. The zero-order valence-corrected chi connectivity index (χ0v) is 16.2. The molecule has 140 valence electrons. The maximum Gasteiger partial charge on any atom is 0.191 e. The van der Waals surface area contributed by atoms with Gasteiger partial charge in [0.15, 0.2) is 5.96 Å². The Kier molecular flexibility index (Phi) is 8.56. The van der Waals surface area contributed by atoms with Crippen molar-refractivity contribution in [3.8, 4) is 0 Å². The highest BCUT2D eigenvalue weighted by Gasteiger charge is 2.13. The van der Waals surface area contributed by atoms with Crippen LogP contribution < -0.4 is 15.5 Å². The van der Waals surface area contributed by atoms with Gasteiger partial charge >= 0.3 is 0 Å². The van der Waals surface area contributed by atoms with Crippen molar-refractivity contribution >= 4 is 11.8 Å². The molecule has 2 N–H and O–H groups in total. The summed E-state index contributed by atoms with van der Waals surface area (Å²) in [5.41, 5.74) is 1.25. The Morgan fingerprint density at radius 3 is 2.76 bits per heavy atom. The number of hydrogen-bond acceptors (Lipinski definition) is 3. The van der Waals surface area contributed by atoms with E-state index in [0.29, 0.717) is 0 Å². The maximum atomic E-state index is 4.52. The number of aromatic nitrogens is 1. The fraction of sp³-hybridized carbons (Fsp3) is 0.700. The van der Waals surface area contributed by atoms with Crippen LogP contribution in [-0.2, 0) is 6.54 Å². The van der Waals surface area contributed by atoms with E-state index in [1.807, 2.05) is 13.2 Å². The predicted octanol–water partition coefficient (Wildman–Crippen LogP) is 3.56. The summed E-state index contributed by atoms with van der Waals surface area (Å²) in [4.78, 5) is 11.2. The van der Waals surface area contributed by atoms with Gasteiger partial charge < -0.3 is 15.5 Å². The van der Waals surface area contributed by atoms with Crippen LogP contribution in [0.1, 0.15) is 57.9 Å². The summed E-state index contributed by atoms with van der Waals surface area (Å²) in [6, 6.07) is 4.28. The minimum absolute atomic E-state index is 0.723. The second-order valence-electron chi connectivity index (χ2n) is 6.94. The molecule has 0 aliphatic carbocycles. The number of aliphatic imine (C=N–C) groups is 1. The normalized spacial score (nSPS) is 16.1. The van der Waals surface area contributed by atoms with Gasteiger partial charge in [-0.15, -0.1) is 0 Å². The monoisotopic (exact) mass is 345 g/mol. The minimum atomic E-state index is 0.723. The molecule has 0 amide bonds. The number of hydrogen-bond donors (Lipinski definition) is 2. The first kappa shape index (κ1) is 19.5. The molecule has 1 saturated heterocycles. The summed E-state index contributed by atoms with van der Waals surface area (Å²) in [6.07, 6.45) is 9.55. The fourth-order valence-corrected chi connectivity index (χ4v) is 3.28. The Hall–Kier alpha value is -1.78. The van der Waals surface area contributed by atoms with Gasteiger partial charge in [0.2, 0.25) is 0 Å². The standard InChI is InChI=1S/C20H35N5/c1-4-6-9-17(5-2)15-23-20(21-3)24-16-18-10-11-22-19(14-18)25-12-7-8-13-25/h10-11,14,17H,4-9,12-13,15-16H2,1-3H3,(H2,21,23,24). The number of rotatable bonds is 9. The van der Waals surface area contributed by atoms with Gasteiger partial charge in [0.1, 0.15) is 5.82 Å². The highest BCUT2D eigenvalue weighted by molar-refractivity contribution is 5.79. The molecule has 0 saturated carbocycles. The van der Waals surface area contributed by atoms with Crippen LogP contribution in [-0.4, -0.2) is 37.6 Å². The SMILES string of the molecule is CCCCC(CC)CNC(=NC)NCc1ccnc(N2CCCC2)c1. The molecule has 2 rings (SSSR count). The van der Waals surface area contributed by atoms with Crippen molar-refractivity contribution in [2.75, 3.05) is 31.6 Å². The minimum Gasteiger partial charge on any atom is -0.357 e. The van der Waals surface area contributed by atoms with E-state index in [0.717, 1.165) is 43.9 Å². The summed E-state index contributed by atoms with van der Waals surface area (Å²) >= 11 is 0. The summed E-state index contributed by atoms with van der Waals surface area (Å²) in [6.45, 7) is 8.55. The van der Waals surface area contributed by atoms with Gasteiger partial charge in [-0.05, 0) is 42.9 Å². The molecule has 0 bridgehead atoms. The van der Waals surface area contributed by atoms with Gasteiger partial charge in [0, 0.05) is 39.4 Å². The largest absolute Gasteiger partial charge is 0.357 e. The Balaban J connectivity index is 1.81. The van der Waals surface area contributed by atoms with E-state index in [-0.39, 0.29) is 0 Å². The Bertz CT molecular complexity index is 523. The van der Waals surface area contributed by atoms with Crippen molar-refractivity contribution < 1.29 is 0 Å². The van der Waals surface area contributed by atoms with Crippen LogP contribution in [0.25, 0.3) is 0 Å². The average molecular weight is 346 g/mol. The molecule has 0 aromatic carbocycles. The number of nitrogens with zero attached hydrogens (tertiary/aromatic N) is 3. The average Bonchev–Trinajstić information content (AvgIpc) is 3.19. The molecule has 1 aliphatic heterocycles. The zero-order chi connectivity index (χ0) is 17.9. The summed E-state index contributed by atoms with van der Waals surface area (Å²) in [7, 11) is 1.84. The Morgan fingerprint density at radius 1 is 1.28 bits per heavy atom. The van der Waals surface area contributed by atoms with Crippen LogP contribution in [0.15, 0.2) is 23.3 Å². The van der Waals surface area contributed by atoms with Gasteiger partial charge in [-0.2, -0.15) is 0 Å². The number of unbranched alkanes of at least 4 members (excludes halogenated alkanes) is 1. The highest BCUT2D eigenvalue weighted by Crippen LogP contribution is 2.18. The van der Waals surface area contributed by atoms with Gasteiger partial charge in [-0.3, -0.25) is 4.99 Å². The first-order valence-electron chi connectivity index (χ1n) is 9.91. The summed E-state index contributed by atoms with van der Waals surface area (Å²) in [5, 5.41) is 6.91. The third-order valence-electron chi connectivity index (χ3n) is 5.02.